The number of rotatable bonds is 4. The molecule has 0 aliphatic rings. The van der Waals surface area contributed by atoms with Gasteiger partial charge < -0.3 is 5.32 Å². The molecular weight excluding hydrogens is 407 g/mol. The van der Waals surface area contributed by atoms with E-state index in [1.165, 1.54) is 6.20 Å². The average molecular weight is 425 g/mol. The molecule has 1 N–H and O–H groups in total. The van der Waals surface area contributed by atoms with Crippen LogP contribution >= 0.6 is 23.2 Å². The summed E-state index contributed by atoms with van der Waals surface area (Å²) in [5, 5.41) is 8.61. The Bertz CT molecular complexity index is 1200. The van der Waals surface area contributed by atoms with Gasteiger partial charge in [0.05, 0.1) is 11.9 Å². The number of nitrogens with zero attached hydrogens (tertiary/aromatic N) is 3. The number of halogens is 2. The number of amides is 1. The second kappa shape index (κ2) is 7.85. The number of fused-ring (bicyclic) bond motifs is 1. The maximum absolute atomic E-state index is 12.6. The lowest BCUT2D eigenvalue weighted by Crippen LogP contribution is -2.30. The van der Waals surface area contributed by atoms with E-state index in [0.29, 0.717) is 21.3 Å². The molecule has 0 bridgehead atoms. The molecule has 2 heterocycles. The number of carbonyl (C=O) groups excluding carboxylic acids is 1. The average Bonchev–Trinajstić information content (AvgIpc) is 3.12. The van der Waals surface area contributed by atoms with Gasteiger partial charge >= 0.3 is 0 Å². The van der Waals surface area contributed by atoms with Gasteiger partial charge in [0.1, 0.15) is 5.56 Å². The third-order valence-corrected chi connectivity index (χ3v) is 5.05. The molecule has 0 saturated heterocycles. The van der Waals surface area contributed by atoms with Crippen molar-refractivity contribution in [3.8, 4) is 22.4 Å². The fraction of sp³-hybridized carbons (Fsp3) is 0.136. The predicted molar refractivity (Wildman–Crippen MR) is 116 cm³/mol. The van der Waals surface area contributed by atoms with Gasteiger partial charge in [0.15, 0.2) is 5.65 Å². The summed E-state index contributed by atoms with van der Waals surface area (Å²) in [6, 6.07) is 15.0. The van der Waals surface area contributed by atoms with E-state index < -0.39 is 0 Å². The van der Waals surface area contributed by atoms with Crippen molar-refractivity contribution in [3.05, 3.63) is 76.5 Å². The van der Waals surface area contributed by atoms with Crippen LogP contribution in [-0.4, -0.2) is 26.5 Å². The van der Waals surface area contributed by atoms with Crippen LogP contribution in [0.2, 0.25) is 10.0 Å². The monoisotopic (exact) mass is 424 g/mol. The first-order chi connectivity index (χ1) is 14.0. The Hall–Kier alpha value is -2.89. The van der Waals surface area contributed by atoms with Gasteiger partial charge in [0.25, 0.3) is 5.91 Å². The number of hydrogen-bond donors (Lipinski definition) is 1. The summed E-state index contributed by atoms with van der Waals surface area (Å²) in [6.45, 7) is 3.82. The Labute approximate surface area is 178 Å². The molecule has 7 heteroatoms. The number of carbonyl (C=O) groups is 1. The van der Waals surface area contributed by atoms with Gasteiger partial charge in [-0.25, -0.2) is 9.50 Å². The number of benzene rings is 2. The maximum atomic E-state index is 12.6. The molecule has 0 aliphatic heterocycles. The Kier molecular flexibility index (Phi) is 5.26. The van der Waals surface area contributed by atoms with E-state index >= 15 is 0 Å². The molecule has 4 rings (SSSR count). The molecule has 0 saturated carbocycles. The molecule has 0 fully saturated rings. The van der Waals surface area contributed by atoms with Crippen LogP contribution in [0.4, 0.5) is 0 Å². The van der Waals surface area contributed by atoms with Gasteiger partial charge in [-0.05, 0) is 32.0 Å². The van der Waals surface area contributed by atoms with Gasteiger partial charge in [-0.2, -0.15) is 5.10 Å². The van der Waals surface area contributed by atoms with Crippen molar-refractivity contribution >= 4 is 34.8 Å². The molecule has 5 nitrogen and oxygen atoms in total. The van der Waals surface area contributed by atoms with Crippen molar-refractivity contribution in [2.75, 3.05) is 0 Å². The second-order valence-electron chi connectivity index (χ2n) is 6.93. The highest BCUT2D eigenvalue weighted by Gasteiger charge is 2.21. The number of nitrogens with one attached hydrogen (secondary N) is 1. The van der Waals surface area contributed by atoms with E-state index in [4.69, 9.17) is 23.2 Å². The van der Waals surface area contributed by atoms with Crippen LogP contribution in [0.25, 0.3) is 28.0 Å². The lowest BCUT2D eigenvalue weighted by atomic mass is 10.0. The number of hydrogen-bond acceptors (Lipinski definition) is 3. The minimum Gasteiger partial charge on any atom is -0.350 e. The lowest BCUT2D eigenvalue weighted by Gasteiger charge is -2.14. The van der Waals surface area contributed by atoms with E-state index in [9.17, 15) is 4.79 Å². The highest BCUT2D eigenvalue weighted by atomic mass is 35.5. The zero-order valence-corrected chi connectivity index (χ0v) is 17.4. The Balaban J connectivity index is 1.99. The van der Waals surface area contributed by atoms with Crippen LogP contribution in [0.1, 0.15) is 24.2 Å². The van der Waals surface area contributed by atoms with E-state index in [2.05, 4.69) is 15.4 Å². The summed E-state index contributed by atoms with van der Waals surface area (Å²) in [5.41, 5.74) is 4.20. The minimum atomic E-state index is -0.213. The van der Waals surface area contributed by atoms with Crippen molar-refractivity contribution in [1.82, 2.24) is 19.9 Å². The third kappa shape index (κ3) is 3.71. The standard InChI is InChI=1S/C22H18Cl2N4O/c1-13(2)27-22(29)18-12-26-28-20(14-7-9-15(23)10-8-14)17(11-25-21(18)28)16-5-3-4-6-19(16)24/h3-13H,1-2H3,(H,27,29). The molecule has 0 atom stereocenters. The van der Waals surface area contributed by atoms with Crippen molar-refractivity contribution < 1.29 is 4.79 Å². The normalized spacial score (nSPS) is 11.2. The van der Waals surface area contributed by atoms with Crippen molar-refractivity contribution in [2.45, 2.75) is 19.9 Å². The lowest BCUT2D eigenvalue weighted by molar-refractivity contribution is 0.0944. The van der Waals surface area contributed by atoms with E-state index in [0.717, 1.165) is 22.4 Å². The van der Waals surface area contributed by atoms with Gasteiger partial charge in [-0.1, -0.05) is 53.5 Å². The smallest absolute Gasteiger partial charge is 0.256 e. The highest BCUT2D eigenvalue weighted by molar-refractivity contribution is 6.33. The summed E-state index contributed by atoms with van der Waals surface area (Å²) < 4.78 is 1.68. The SMILES string of the molecule is CC(C)NC(=O)c1cnn2c(-c3ccc(Cl)cc3)c(-c3ccccc3Cl)cnc12. The van der Waals surface area contributed by atoms with Crippen LogP contribution in [0, 0.1) is 0 Å². The summed E-state index contributed by atoms with van der Waals surface area (Å²) in [5.74, 6) is -0.213. The largest absolute Gasteiger partial charge is 0.350 e. The topological polar surface area (TPSA) is 59.3 Å². The van der Waals surface area contributed by atoms with Crippen molar-refractivity contribution in [3.63, 3.8) is 0 Å². The van der Waals surface area contributed by atoms with Crippen LogP contribution in [-0.2, 0) is 0 Å². The predicted octanol–water partition coefficient (Wildman–Crippen LogP) is 5.51. The van der Waals surface area contributed by atoms with Gasteiger partial charge in [-0.3, -0.25) is 4.79 Å². The Morgan fingerprint density at radius 3 is 2.41 bits per heavy atom. The fourth-order valence-electron chi connectivity index (χ4n) is 3.19. The van der Waals surface area contributed by atoms with Gasteiger partial charge in [-0.15, -0.1) is 0 Å². The van der Waals surface area contributed by atoms with Crippen LogP contribution in [0.5, 0.6) is 0 Å². The van der Waals surface area contributed by atoms with E-state index in [1.807, 2.05) is 62.4 Å². The molecule has 2 aromatic heterocycles. The second-order valence-corrected chi connectivity index (χ2v) is 7.77. The molecule has 0 aliphatic carbocycles. The minimum absolute atomic E-state index is 0.00980. The molecule has 0 spiro atoms. The van der Waals surface area contributed by atoms with Crippen LogP contribution in [0.3, 0.4) is 0 Å². The fourth-order valence-corrected chi connectivity index (χ4v) is 3.56. The molecule has 29 heavy (non-hydrogen) atoms. The third-order valence-electron chi connectivity index (χ3n) is 4.47. The highest BCUT2D eigenvalue weighted by Crippen LogP contribution is 2.36. The molecule has 1 amide bonds. The maximum Gasteiger partial charge on any atom is 0.256 e. The first kappa shape index (κ1) is 19.4. The van der Waals surface area contributed by atoms with Crippen LogP contribution in [0.15, 0.2) is 60.9 Å². The van der Waals surface area contributed by atoms with Crippen molar-refractivity contribution in [2.24, 2.45) is 0 Å². The van der Waals surface area contributed by atoms with E-state index in [1.54, 1.807) is 10.7 Å². The quantitative estimate of drug-likeness (QED) is 0.469. The van der Waals surface area contributed by atoms with Crippen LogP contribution < -0.4 is 5.32 Å². The molecule has 2 aromatic carbocycles. The zero-order valence-electron chi connectivity index (χ0n) is 15.9. The van der Waals surface area contributed by atoms with E-state index in [-0.39, 0.29) is 11.9 Å². The summed E-state index contributed by atoms with van der Waals surface area (Å²) in [7, 11) is 0. The van der Waals surface area contributed by atoms with Gasteiger partial charge in [0, 0.05) is 39.0 Å². The Morgan fingerprint density at radius 1 is 1.00 bits per heavy atom. The molecule has 146 valence electrons. The summed E-state index contributed by atoms with van der Waals surface area (Å²) in [6.07, 6.45) is 3.27. The van der Waals surface area contributed by atoms with Gasteiger partial charge in [0.2, 0.25) is 0 Å². The zero-order chi connectivity index (χ0) is 20.5. The first-order valence-electron chi connectivity index (χ1n) is 9.14. The first-order valence-corrected chi connectivity index (χ1v) is 9.89. The Morgan fingerprint density at radius 2 is 1.72 bits per heavy atom. The molecule has 0 unspecified atom stereocenters. The molecular formula is C22H18Cl2N4O. The summed E-state index contributed by atoms with van der Waals surface area (Å²) >= 11 is 12.5. The van der Waals surface area contributed by atoms with Crippen molar-refractivity contribution in [1.29, 1.82) is 0 Å². The number of aromatic nitrogens is 3. The molecule has 0 radical (unpaired) electrons. The molecule has 4 aromatic rings. The summed E-state index contributed by atoms with van der Waals surface area (Å²) in [4.78, 5) is 17.1.